The maximum atomic E-state index is 11.6. The number of hydrogen-bond donors (Lipinski definition) is 2. The number of carbonyl (C=O) groups is 3. The average Bonchev–Trinajstić information content (AvgIpc) is 2.80. The molecule has 2 rings (SSSR count). The Morgan fingerprint density at radius 1 is 1.36 bits per heavy atom. The van der Waals surface area contributed by atoms with Crippen molar-refractivity contribution in [2.24, 2.45) is 10.2 Å². The van der Waals surface area contributed by atoms with E-state index < -0.39 is 17.2 Å². The fourth-order valence-electron chi connectivity index (χ4n) is 2.25. The summed E-state index contributed by atoms with van der Waals surface area (Å²) in [6.45, 7) is 5.04. The zero-order valence-corrected chi connectivity index (χ0v) is 14.7. The second-order valence-electron chi connectivity index (χ2n) is 5.41. The standard InChI is InChI=1S/C16H17N3O5S/c1-8-4-11(24-10(3)20)5-9(2)12(8)7-17-19-16-18-15(23)13(25-16)6-14(21)22/h4-5,7,13H,6H2,1-3H3,(H,21,22)(H,18,19,23). The van der Waals surface area contributed by atoms with E-state index in [0.29, 0.717) is 5.75 Å². The van der Waals surface area contributed by atoms with Crippen LogP contribution in [-0.2, 0) is 14.4 Å². The zero-order valence-electron chi connectivity index (χ0n) is 13.9. The smallest absolute Gasteiger partial charge is 0.308 e. The van der Waals surface area contributed by atoms with E-state index in [1.807, 2.05) is 13.8 Å². The van der Waals surface area contributed by atoms with Gasteiger partial charge in [0.05, 0.1) is 12.6 Å². The summed E-state index contributed by atoms with van der Waals surface area (Å²) in [5, 5.41) is 18.7. The Hall–Kier alpha value is -2.68. The monoisotopic (exact) mass is 363 g/mol. The number of amides is 1. The molecule has 0 aromatic heterocycles. The normalized spacial score (nSPS) is 18.6. The third-order valence-electron chi connectivity index (χ3n) is 3.30. The molecule has 1 heterocycles. The molecule has 0 bridgehead atoms. The average molecular weight is 363 g/mol. The molecular weight excluding hydrogens is 346 g/mol. The number of aliphatic carboxylic acids is 1. The van der Waals surface area contributed by atoms with Gasteiger partial charge in [-0.1, -0.05) is 11.8 Å². The number of ether oxygens (including phenoxy) is 1. The van der Waals surface area contributed by atoms with Crippen molar-refractivity contribution in [3.05, 3.63) is 28.8 Å². The molecule has 0 radical (unpaired) electrons. The number of esters is 1. The summed E-state index contributed by atoms with van der Waals surface area (Å²) in [5.41, 5.74) is 2.52. The molecule has 0 aliphatic carbocycles. The minimum Gasteiger partial charge on any atom is -0.481 e. The number of aryl methyl sites for hydroxylation is 2. The Balaban J connectivity index is 2.11. The van der Waals surface area contributed by atoms with Gasteiger partial charge in [-0.05, 0) is 37.1 Å². The number of thioether (sulfide) groups is 1. The number of carbonyl (C=O) groups excluding carboxylic acids is 2. The van der Waals surface area contributed by atoms with Gasteiger partial charge >= 0.3 is 11.9 Å². The Bertz CT molecular complexity index is 765. The molecule has 0 spiro atoms. The van der Waals surface area contributed by atoms with Crippen LogP contribution in [0.5, 0.6) is 5.75 Å². The predicted octanol–water partition coefficient (Wildman–Crippen LogP) is 1.62. The highest BCUT2D eigenvalue weighted by Gasteiger charge is 2.32. The number of rotatable bonds is 5. The summed E-state index contributed by atoms with van der Waals surface area (Å²) >= 11 is 1.04. The second-order valence-corrected chi connectivity index (χ2v) is 6.60. The lowest BCUT2D eigenvalue weighted by Crippen LogP contribution is -2.26. The van der Waals surface area contributed by atoms with Gasteiger partial charge in [0, 0.05) is 12.5 Å². The summed E-state index contributed by atoms with van der Waals surface area (Å²) in [5.74, 6) is -1.37. The number of carboxylic acids is 1. The molecule has 1 atom stereocenters. The van der Waals surface area contributed by atoms with Gasteiger partial charge in [-0.2, -0.15) is 5.10 Å². The van der Waals surface area contributed by atoms with E-state index in [1.54, 1.807) is 12.1 Å². The third-order valence-corrected chi connectivity index (χ3v) is 4.37. The van der Waals surface area contributed by atoms with E-state index in [0.717, 1.165) is 28.5 Å². The maximum Gasteiger partial charge on any atom is 0.308 e. The van der Waals surface area contributed by atoms with Crippen LogP contribution in [0.2, 0.25) is 0 Å². The van der Waals surface area contributed by atoms with E-state index in [2.05, 4.69) is 15.5 Å². The fraction of sp³-hybridized carbons (Fsp3) is 0.312. The summed E-state index contributed by atoms with van der Waals surface area (Å²) in [6, 6.07) is 3.44. The summed E-state index contributed by atoms with van der Waals surface area (Å²) in [6.07, 6.45) is 1.27. The largest absolute Gasteiger partial charge is 0.481 e. The first-order chi connectivity index (χ1) is 11.8. The van der Waals surface area contributed by atoms with Crippen LogP contribution in [0.3, 0.4) is 0 Å². The number of hydrogen-bond acceptors (Lipinski definition) is 7. The van der Waals surface area contributed by atoms with Crippen molar-refractivity contribution >= 4 is 41.0 Å². The molecule has 0 saturated carbocycles. The minimum absolute atomic E-state index is 0.263. The van der Waals surface area contributed by atoms with E-state index in [4.69, 9.17) is 9.84 Å². The van der Waals surface area contributed by atoms with Crippen LogP contribution in [-0.4, -0.2) is 39.6 Å². The van der Waals surface area contributed by atoms with E-state index in [-0.39, 0.29) is 17.5 Å². The van der Waals surface area contributed by atoms with E-state index in [1.165, 1.54) is 13.1 Å². The molecule has 8 nitrogen and oxygen atoms in total. The van der Waals surface area contributed by atoms with Gasteiger partial charge in [-0.15, -0.1) is 5.10 Å². The Kier molecular flexibility index (Phi) is 5.92. The Morgan fingerprint density at radius 2 is 2.00 bits per heavy atom. The van der Waals surface area contributed by atoms with Crippen LogP contribution in [0.15, 0.2) is 22.3 Å². The summed E-state index contributed by atoms with van der Waals surface area (Å²) in [4.78, 5) is 33.3. The SMILES string of the molecule is CC(=O)Oc1cc(C)c(C=NN=C2NC(=O)C(CC(=O)O)S2)c(C)c1. The van der Waals surface area contributed by atoms with Crippen molar-refractivity contribution in [1.29, 1.82) is 0 Å². The van der Waals surface area contributed by atoms with Crippen LogP contribution in [0.1, 0.15) is 30.0 Å². The molecule has 132 valence electrons. The minimum atomic E-state index is -1.04. The lowest BCUT2D eigenvalue weighted by atomic mass is 10.0. The molecule has 1 saturated heterocycles. The van der Waals surface area contributed by atoms with Crippen molar-refractivity contribution in [2.75, 3.05) is 0 Å². The van der Waals surface area contributed by atoms with Crippen molar-refractivity contribution in [2.45, 2.75) is 32.4 Å². The molecule has 1 fully saturated rings. The number of amidine groups is 1. The van der Waals surface area contributed by atoms with Crippen molar-refractivity contribution in [3.63, 3.8) is 0 Å². The van der Waals surface area contributed by atoms with Crippen LogP contribution in [0.25, 0.3) is 0 Å². The molecule has 1 aliphatic heterocycles. The van der Waals surface area contributed by atoms with Gasteiger partial charge in [-0.3, -0.25) is 14.4 Å². The quantitative estimate of drug-likeness (QED) is 0.355. The van der Waals surface area contributed by atoms with Gasteiger partial charge in [0.1, 0.15) is 11.0 Å². The fourth-order valence-corrected chi connectivity index (χ4v) is 3.16. The van der Waals surface area contributed by atoms with Crippen LogP contribution in [0, 0.1) is 13.8 Å². The van der Waals surface area contributed by atoms with Gasteiger partial charge in [0.25, 0.3) is 0 Å². The van der Waals surface area contributed by atoms with Crippen molar-refractivity contribution in [1.82, 2.24) is 5.32 Å². The van der Waals surface area contributed by atoms with Crippen LogP contribution >= 0.6 is 11.8 Å². The van der Waals surface area contributed by atoms with Crippen LogP contribution < -0.4 is 10.1 Å². The molecule has 1 aromatic carbocycles. The Labute approximate surface area is 148 Å². The summed E-state index contributed by atoms with van der Waals surface area (Å²) in [7, 11) is 0. The first-order valence-corrected chi connectivity index (χ1v) is 8.24. The molecule has 9 heteroatoms. The highest BCUT2D eigenvalue weighted by atomic mass is 32.2. The molecule has 1 amide bonds. The van der Waals surface area contributed by atoms with Gasteiger partial charge in [0.2, 0.25) is 5.91 Å². The van der Waals surface area contributed by atoms with Crippen molar-refractivity contribution < 1.29 is 24.2 Å². The van der Waals surface area contributed by atoms with Gasteiger partial charge in [-0.25, -0.2) is 0 Å². The molecule has 1 aromatic rings. The molecular formula is C16H17N3O5S. The molecule has 1 unspecified atom stereocenters. The number of nitrogens with zero attached hydrogens (tertiary/aromatic N) is 2. The van der Waals surface area contributed by atoms with Crippen molar-refractivity contribution in [3.8, 4) is 5.75 Å². The van der Waals surface area contributed by atoms with Gasteiger partial charge in [0.15, 0.2) is 5.17 Å². The van der Waals surface area contributed by atoms with Gasteiger partial charge < -0.3 is 15.2 Å². The maximum absolute atomic E-state index is 11.6. The highest BCUT2D eigenvalue weighted by Crippen LogP contribution is 2.23. The lowest BCUT2D eigenvalue weighted by Gasteiger charge is -2.08. The first kappa shape index (κ1) is 18.7. The third kappa shape index (κ3) is 5.15. The number of carboxylic acid groups (broad SMARTS) is 1. The number of benzene rings is 1. The highest BCUT2D eigenvalue weighted by molar-refractivity contribution is 8.15. The van der Waals surface area contributed by atoms with E-state index >= 15 is 0 Å². The zero-order chi connectivity index (χ0) is 18.6. The van der Waals surface area contributed by atoms with E-state index in [9.17, 15) is 14.4 Å². The molecule has 1 aliphatic rings. The number of nitrogens with one attached hydrogen (secondary N) is 1. The summed E-state index contributed by atoms with van der Waals surface area (Å²) < 4.78 is 5.06. The Morgan fingerprint density at radius 3 is 2.56 bits per heavy atom. The lowest BCUT2D eigenvalue weighted by molar-refractivity contribution is -0.138. The van der Waals surface area contributed by atoms with Crippen LogP contribution in [0.4, 0.5) is 0 Å². The predicted molar refractivity (Wildman–Crippen MR) is 94.0 cm³/mol. The topological polar surface area (TPSA) is 117 Å². The second kappa shape index (κ2) is 7.93. The first-order valence-electron chi connectivity index (χ1n) is 7.36. The molecule has 25 heavy (non-hydrogen) atoms. The molecule has 2 N–H and O–H groups in total.